The number of aromatic nitrogens is 1. The van der Waals surface area contributed by atoms with Crippen molar-refractivity contribution in [3.8, 4) is 0 Å². The highest BCUT2D eigenvalue weighted by atomic mass is 35.5. The molecule has 22 heavy (non-hydrogen) atoms. The number of rotatable bonds is 4. The lowest BCUT2D eigenvalue weighted by Gasteiger charge is -2.22. The third kappa shape index (κ3) is 3.77. The lowest BCUT2D eigenvalue weighted by molar-refractivity contribution is 0.349. The molecule has 0 saturated carbocycles. The van der Waals surface area contributed by atoms with E-state index in [1.165, 1.54) is 16.4 Å². The summed E-state index contributed by atoms with van der Waals surface area (Å²) < 4.78 is 49.0. The Morgan fingerprint density at radius 2 is 1.95 bits per heavy atom. The molecule has 1 aromatic rings. The van der Waals surface area contributed by atoms with Gasteiger partial charge < -0.3 is 5.73 Å². The molecule has 1 atom stereocenters. The van der Waals surface area contributed by atoms with Crippen molar-refractivity contribution in [2.24, 2.45) is 11.1 Å². The van der Waals surface area contributed by atoms with Crippen LogP contribution in [0.5, 0.6) is 0 Å². The van der Waals surface area contributed by atoms with Crippen LogP contribution in [0.2, 0.25) is 0 Å². The molecule has 1 aliphatic heterocycles. The second-order valence-electron chi connectivity index (χ2n) is 5.71. The van der Waals surface area contributed by atoms with Crippen molar-refractivity contribution < 1.29 is 16.8 Å². The molecule has 126 valence electrons. The Bertz CT molecular complexity index is 734. The van der Waals surface area contributed by atoms with Crippen molar-refractivity contribution >= 4 is 32.3 Å². The molecule has 1 unspecified atom stereocenters. The average molecular weight is 370 g/mol. The topological polar surface area (TPSA) is 110 Å². The second-order valence-corrected chi connectivity index (χ2v) is 9.61. The Hall–Kier alpha value is -0.740. The summed E-state index contributed by atoms with van der Waals surface area (Å²) in [6.45, 7) is 3.14. The first-order chi connectivity index (χ1) is 9.58. The molecular formula is C12H20ClN3O4S2. The molecule has 2 heterocycles. The monoisotopic (exact) mass is 369 g/mol. The van der Waals surface area contributed by atoms with E-state index in [1.54, 1.807) is 0 Å². The Morgan fingerprint density at radius 3 is 2.36 bits per heavy atom. The molecule has 0 radical (unpaired) electrons. The summed E-state index contributed by atoms with van der Waals surface area (Å²) in [6.07, 6.45) is 2.82. The van der Waals surface area contributed by atoms with Crippen LogP contribution in [0.15, 0.2) is 28.3 Å². The fourth-order valence-electron chi connectivity index (χ4n) is 2.24. The second kappa shape index (κ2) is 6.40. The SMILES string of the molecule is CC1(CN)CCN(S(=O)(=O)c2ccc(S(C)(=O)=O)nc2)C1.Cl. The standard InChI is InChI=1S/C12H19N3O4S2.ClH/c1-12(8-13)5-6-15(9-12)21(18,19)10-3-4-11(14-7-10)20(2,16)17;/h3-4,7H,5-6,8-9,13H2,1-2H3;1H. The molecule has 0 bridgehead atoms. The quantitative estimate of drug-likeness (QED) is 0.815. The summed E-state index contributed by atoms with van der Waals surface area (Å²) in [5.74, 6) is 0. The number of hydrogen-bond donors (Lipinski definition) is 1. The van der Waals surface area contributed by atoms with Gasteiger partial charge in [0.25, 0.3) is 0 Å². The van der Waals surface area contributed by atoms with Crippen molar-refractivity contribution in [2.45, 2.75) is 23.3 Å². The lowest BCUT2D eigenvalue weighted by atomic mass is 9.90. The van der Waals surface area contributed by atoms with Crippen LogP contribution in [-0.4, -0.2) is 52.0 Å². The highest BCUT2D eigenvalue weighted by Crippen LogP contribution is 2.32. The Morgan fingerprint density at radius 1 is 1.32 bits per heavy atom. The van der Waals surface area contributed by atoms with E-state index in [-0.39, 0.29) is 27.7 Å². The van der Waals surface area contributed by atoms with Gasteiger partial charge in [-0.05, 0) is 30.5 Å². The summed E-state index contributed by atoms with van der Waals surface area (Å²) in [5.41, 5.74) is 5.46. The van der Waals surface area contributed by atoms with Gasteiger partial charge in [0.05, 0.1) is 0 Å². The van der Waals surface area contributed by atoms with Crippen LogP contribution in [0.4, 0.5) is 0 Å². The third-order valence-corrected chi connectivity index (χ3v) is 6.57. The summed E-state index contributed by atoms with van der Waals surface area (Å²) in [6, 6.07) is 2.48. The molecular weight excluding hydrogens is 350 g/mol. The third-order valence-electron chi connectivity index (χ3n) is 3.74. The first kappa shape index (κ1) is 19.3. The molecule has 1 aromatic heterocycles. The maximum absolute atomic E-state index is 12.5. The van der Waals surface area contributed by atoms with Gasteiger partial charge in [-0.2, -0.15) is 4.31 Å². The maximum atomic E-state index is 12.5. The molecule has 1 fully saturated rings. The van der Waals surface area contributed by atoms with Crippen molar-refractivity contribution in [3.05, 3.63) is 18.3 Å². The smallest absolute Gasteiger partial charge is 0.244 e. The number of sulfone groups is 1. The first-order valence-corrected chi connectivity index (χ1v) is 9.78. The molecule has 0 aromatic carbocycles. The highest BCUT2D eigenvalue weighted by Gasteiger charge is 2.39. The molecule has 7 nitrogen and oxygen atoms in total. The fraction of sp³-hybridized carbons (Fsp3) is 0.583. The zero-order valence-electron chi connectivity index (χ0n) is 12.4. The van der Waals surface area contributed by atoms with Gasteiger partial charge in [-0.25, -0.2) is 21.8 Å². The number of nitrogens with two attached hydrogens (primary N) is 1. The predicted octanol–water partition coefficient (Wildman–Crippen LogP) is 0.266. The average Bonchev–Trinajstić information content (AvgIpc) is 2.82. The molecule has 1 saturated heterocycles. The van der Waals surface area contributed by atoms with Gasteiger partial charge in [0.2, 0.25) is 10.0 Å². The summed E-state index contributed by atoms with van der Waals surface area (Å²) in [5, 5.41) is -0.144. The van der Waals surface area contributed by atoms with E-state index >= 15 is 0 Å². The van der Waals surface area contributed by atoms with Gasteiger partial charge in [0.1, 0.15) is 4.90 Å². The zero-order valence-corrected chi connectivity index (χ0v) is 14.8. The molecule has 2 N–H and O–H groups in total. The van der Waals surface area contributed by atoms with Gasteiger partial charge >= 0.3 is 0 Å². The zero-order chi connectivity index (χ0) is 15.9. The van der Waals surface area contributed by atoms with Crippen LogP contribution < -0.4 is 5.73 Å². The largest absolute Gasteiger partial charge is 0.330 e. The van der Waals surface area contributed by atoms with E-state index in [9.17, 15) is 16.8 Å². The highest BCUT2D eigenvalue weighted by molar-refractivity contribution is 7.90. The number of sulfonamides is 1. The van der Waals surface area contributed by atoms with E-state index in [1.807, 2.05) is 6.92 Å². The minimum atomic E-state index is -3.66. The maximum Gasteiger partial charge on any atom is 0.244 e. The van der Waals surface area contributed by atoms with E-state index in [0.29, 0.717) is 26.1 Å². The van der Waals surface area contributed by atoms with Crippen molar-refractivity contribution in [1.29, 1.82) is 0 Å². The molecule has 10 heteroatoms. The van der Waals surface area contributed by atoms with Crippen LogP contribution in [0, 0.1) is 5.41 Å². The van der Waals surface area contributed by atoms with E-state index in [2.05, 4.69) is 4.98 Å². The van der Waals surface area contributed by atoms with Gasteiger partial charge in [-0.15, -0.1) is 12.4 Å². The predicted molar refractivity (Wildman–Crippen MR) is 85.1 cm³/mol. The minimum absolute atomic E-state index is 0. The Kier molecular flexibility index (Phi) is 5.62. The number of nitrogens with zero attached hydrogens (tertiary/aromatic N) is 2. The van der Waals surface area contributed by atoms with Crippen molar-refractivity contribution in [3.63, 3.8) is 0 Å². The van der Waals surface area contributed by atoms with Crippen LogP contribution in [0.25, 0.3) is 0 Å². The first-order valence-electron chi connectivity index (χ1n) is 6.45. The molecule has 0 aliphatic carbocycles. The van der Waals surface area contributed by atoms with Gasteiger partial charge in [-0.1, -0.05) is 6.92 Å². The van der Waals surface area contributed by atoms with E-state index < -0.39 is 19.9 Å². The van der Waals surface area contributed by atoms with Crippen LogP contribution in [-0.2, 0) is 19.9 Å². The Balaban J connectivity index is 0.00000242. The number of halogens is 1. The van der Waals surface area contributed by atoms with Crippen molar-refractivity contribution in [2.75, 3.05) is 25.9 Å². The summed E-state index contributed by atoms with van der Waals surface area (Å²) >= 11 is 0. The molecule has 0 amide bonds. The molecule has 2 rings (SSSR count). The molecule has 0 spiro atoms. The van der Waals surface area contributed by atoms with Gasteiger partial charge in [0, 0.05) is 25.5 Å². The van der Waals surface area contributed by atoms with Gasteiger partial charge in [-0.3, -0.25) is 0 Å². The van der Waals surface area contributed by atoms with Crippen LogP contribution in [0.3, 0.4) is 0 Å². The fourth-order valence-corrected chi connectivity index (χ4v) is 4.33. The van der Waals surface area contributed by atoms with Crippen molar-refractivity contribution in [1.82, 2.24) is 9.29 Å². The lowest BCUT2D eigenvalue weighted by Crippen LogP contribution is -2.34. The van der Waals surface area contributed by atoms with E-state index in [0.717, 1.165) is 12.5 Å². The van der Waals surface area contributed by atoms with Crippen LogP contribution in [0.1, 0.15) is 13.3 Å². The number of hydrogen-bond acceptors (Lipinski definition) is 6. The summed E-state index contributed by atoms with van der Waals surface area (Å²) in [7, 11) is -7.10. The van der Waals surface area contributed by atoms with E-state index in [4.69, 9.17) is 5.73 Å². The Labute approximate surface area is 137 Å². The summed E-state index contributed by atoms with van der Waals surface area (Å²) in [4.78, 5) is 3.72. The van der Waals surface area contributed by atoms with Crippen LogP contribution >= 0.6 is 12.4 Å². The molecule has 1 aliphatic rings. The minimum Gasteiger partial charge on any atom is -0.330 e. The number of pyridine rings is 1. The normalized spacial score (nSPS) is 23.2. The van der Waals surface area contributed by atoms with Gasteiger partial charge in [0.15, 0.2) is 14.9 Å².